The maximum Gasteiger partial charge on any atom is 0.251 e. The second kappa shape index (κ2) is 4.54. The van der Waals surface area contributed by atoms with Gasteiger partial charge in [0, 0.05) is 11.6 Å². The summed E-state index contributed by atoms with van der Waals surface area (Å²) >= 11 is 0. The summed E-state index contributed by atoms with van der Waals surface area (Å²) in [6.07, 6.45) is 0.970. The third-order valence-corrected chi connectivity index (χ3v) is 3.48. The molecule has 0 unspecified atom stereocenters. The molecule has 1 amide bonds. The van der Waals surface area contributed by atoms with Crippen molar-refractivity contribution < 1.29 is 4.79 Å². The number of hydrogen-bond donors (Lipinski definition) is 1. The van der Waals surface area contributed by atoms with E-state index in [1.807, 2.05) is 26.0 Å². The monoisotopic (exact) mass is 251 g/mol. The Hall–Kier alpha value is -2.09. The van der Waals surface area contributed by atoms with Crippen LogP contribution in [-0.2, 0) is 6.42 Å². The molecule has 96 valence electrons. The van der Waals surface area contributed by atoms with E-state index in [1.54, 1.807) is 0 Å². The first-order valence-electron chi connectivity index (χ1n) is 6.67. The van der Waals surface area contributed by atoms with Gasteiger partial charge in [0.1, 0.15) is 0 Å². The highest BCUT2D eigenvalue weighted by Crippen LogP contribution is 2.36. The number of nitrogens with one attached hydrogen (secondary N) is 1. The molecule has 0 aliphatic heterocycles. The third-order valence-electron chi connectivity index (χ3n) is 3.48. The first-order chi connectivity index (χ1) is 9.15. The van der Waals surface area contributed by atoms with E-state index in [1.165, 1.54) is 22.3 Å². The van der Waals surface area contributed by atoms with Gasteiger partial charge in [-0.15, -0.1) is 0 Å². The molecule has 2 aromatic carbocycles. The van der Waals surface area contributed by atoms with Gasteiger partial charge >= 0.3 is 0 Å². The lowest BCUT2D eigenvalue weighted by Crippen LogP contribution is -2.30. The fourth-order valence-electron chi connectivity index (χ4n) is 2.61. The molecule has 0 fully saturated rings. The highest BCUT2D eigenvalue weighted by Gasteiger charge is 2.19. The lowest BCUT2D eigenvalue weighted by Gasteiger charge is -2.09. The van der Waals surface area contributed by atoms with Crippen LogP contribution in [0.3, 0.4) is 0 Å². The predicted octanol–water partition coefficient (Wildman–Crippen LogP) is 3.40. The first-order valence-corrected chi connectivity index (χ1v) is 6.67. The fourth-order valence-corrected chi connectivity index (χ4v) is 2.61. The molecule has 2 aromatic rings. The second-order valence-corrected chi connectivity index (χ2v) is 5.33. The zero-order valence-corrected chi connectivity index (χ0v) is 11.2. The number of rotatable bonds is 2. The zero-order valence-electron chi connectivity index (χ0n) is 11.2. The molecule has 3 rings (SSSR count). The summed E-state index contributed by atoms with van der Waals surface area (Å²) in [5, 5.41) is 2.94. The van der Waals surface area contributed by atoms with Gasteiger partial charge < -0.3 is 5.32 Å². The maximum absolute atomic E-state index is 12.1. The fraction of sp³-hybridized carbons (Fsp3) is 0.235. The van der Waals surface area contributed by atoms with Gasteiger partial charge in [0.2, 0.25) is 0 Å². The molecule has 0 atom stereocenters. The Morgan fingerprint density at radius 2 is 1.79 bits per heavy atom. The summed E-state index contributed by atoms with van der Waals surface area (Å²) in [5.41, 5.74) is 5.86. The van der Waals surface area contributed by atoms with Crippen molar-refractivity contribution in [3.05, 3.63) is 59.2 Å². The van der Waals surface area contributed by atoms with E-state index in [2.05, 4.69) is 35.6 Å². The van der Waals surface area contributed by atoms with Crippen molar-refractivity contribution in [2.24, 2.45) is 0 Å². The van der Waals surface area contributed by atoms with Crippen LogP contribution in [0, 0.1) is 0 Å². The minimum atomic E-state index is 0.00202. The SMILES string of the molecule is CC(C)NC(=O)c1ccc2c(c1)-c1ccccc1C2. The van der Waals surface area contributed by atoms with Crippen molar-refractivity contribution in [2.45, 2.75) is 26.3 Å². The van der Waals surface area contributed by atoms with Crippen LogP contribution in [0.5, 0.6) is 0 Å². The number of carbonyl (C=O) groups is 1. The summed E-state index contributed by atoms with van der Waals surface area (Å²) in [5.74, 6) is 0.00202. The van der Waals surface area contributed by atoms with E-state index in [-0.39, 0.29) is 11.9 Å². The van der Waals surface area contributed by atoms with Crippen LogP contribution in [-0.4, -0.2) is 11.9 Å². The minimum Gasteiger partial charge on any atom is -0.350 e. The van der Waals surface area contributed by atoms with Crippen LogP contribution in [0.4, 0.5) is 0 Å². The normalized spacial score (nSPS) is 12.2. The van der Waals surface area contributed by atoms with Crippen molar-refractivity contribution in [2.75, 3.05) is 0 Å². The average molecular weight is 251 g/mol. The van der Waals surface area contributed by atoms with E-state index in [0.717, 1.165) is 12.0 Å². The maximum atomic E-state index is 12.1. The number of carbonyl (C=O) groups excluding carboxylic acids is 1. The molecule has 2 nitrogen and oxygen atoms in total. The van der Waals surface area contributed by atoms with Gasteiger partial charge in [-0.1, -0.05) is 30.3 Å². The quantitative estimate of drug-likeness (QED) is 0.743. The number of hydrogen-bond acceptors (Lipinski definition) is 1. The van der Waals surface area contributed by atoms with E-state index in [9.17, 15) is 4.79 Å². The van der Waals surface area contributed by atoms with Gasteiger partial charge in [0.05, 0.1) is 0 Å². The van der Waals surface area contributed by atoms with Gasteiger partial charge in [-0.2, -0.15) is 0 Å². The largest absolute Gasteiger partial charge is 0.350 e. The molecule has 0 spiro atoms. The molecule has 0 saturated heterocycles. The average Bonchev–Trinajstić information content (AvgIpc) is 2.75. The summed E-state index contributed by atoms with van der Waals surface area (Å²) in [6.45, 7) is 3.95. The molecular weight excluding hydrogens is 234 g/mol. The third kappa shape index (κ3) is 2.14. The first kappa shape index (κ1) is 12.0. The Bertz CT molecular complexity index is 643. The molecule has 2 heteroatoms. The molecule has 1 aliphatic rings. The molecule has 1 aliphatic carbocycles. The Morgan fingerprint density at radius 3 is 2.58 bits per heavy atom. The van der Waals surface area contributed by atoms with Crippen LogP contribution < -0.4 is 5.32 Å². The van der Waals surface area contributed by atoms with Crippen LogP contribution in [0.1, 0.15) is 35.3 Å². The molecule has 0 heterocycles. The van der Waals surface area contributed by atoms with Gasteiger partial charge in [-0.3, -0.25) is 4.79 Å². The van der Waals surface area contributed by atoms with E-state index < -0.39 is 0 Å². The molecule has 0 saturated carbocycles. The van der Waals surface area contributed by atoms with Crippen molar-refractivity contribution in [3.63, 3.8) is 0 Å². The van der Waals surface area contributed by atoms with Crippen LogP contribution in [0.2, 0.25) is 0 Å². The lowest BCUT2D eigenvalue weighted by molar-refractivity contribution is 0.0943. The Balaban J connectivity index is 2.00. The van der Waals surface area contributed by atoms with Crippen molar-refractivity contribution in [1.82, 2.24) is 5.32 Å². The van der Waals surface area contributed by atoms with Crippen LogP contribution >= 0.6 is 0 Å². The topological polar surface area (TPSA) is 29.1 Å². The second-order valence-electron chi connectivity index (χ2n) is 5.33. The lowest BCUT2D eigenvalue weighted by atomic mass is 10.0. The summed E-state index contributed by atoms with van der Waals surface area (Å²) < 4.78 is 0. The molecular formula is C17H17NO. The summed E-state index contributed by atoms with van der Waals surface area (Å²) in [6, 6.07) is 14.6. The molecule has 0 bridgehead atoms. The van der Waals surface area contributed by atoms with E-state index in [4.69, 9.17) is 0 Å². The van der Waals surface area contributed by atoms with Crippen LogP contribution in [0.15, 0.2) is 42.5 Å². The van der Waals surface area contributed by atoms with Crippen molar-refractivity contribution >= 4 is 5.91 Å². The highest BCUT2D eigenvalue weighted by atomic mass is 16.1. The summed E-state index contributed by atoms with van der Waals surface area (Å²) in [4.78, 5) is 12.1. The number of benzene rings is 2. The Kier molecular flexibility index (Phi) is 2.86. The Labute approximate surface area is 113 Å². The van der Waals surface area contributed by atoms with E-state index >= 15 is 0 Å². The smallest absolute Gasteiger partial charge is 0.251 e. The number of fused-ring (bicyclic) bond motifs is 3. The Morgan fingerprint density at radius 1 is 1.05 bits per heavy atom. The summed E-state index contributed by atoms with van der Waals surface area (Å²) in [7, 11) is 0. The number of amides is 1. The van der Waals surface area contributed by atoms with Crippen LogP contribution in [0.25, 0.3) is 11.1 Å². The molecule has 19 heavy (non-hydrogen) atoms. The van der Waals surface area contributed by atoms with E-state index in [0.29, 0.717) is 0 Å². The highest BCUT2D eigenvalue weighted by molar-refractivity contribution is 5.96. The minimum absolute atomic E-state index is 0.00202. The van der Waals surface area contributed by atoms with Crippen molar-refractivity contribution in [1.29, 1.82) is 0 Å². The van der Waals surface area contributed by atoms with Gasteiger partial charge in [0.15, 0.2) is 0 Å². The van der Waals surface area contributed by atoms with Gasteiger partial charge in [-0.05, 0) is 54.7 Å². The van der Waals surface area contributed by atoms with Gasteiger partial charge in [0.25, 0.3) is 5.91 Å². The predicted molar refractivity (Wildman–Crippen MR) is 77.3 cm³/mol. The molecule has 0 aromatic heterocycles. The zero-order chi connectivity index (χ0) is 13.4. The standard InChI is InChI=1S/C17H17NO/c1-11(2)18-17(19)14-8-7-13-9-12-5-3-4-6-15(12)16(13)10-14/h3-8,10-11H,9H2,1-2H3,(H,18,19). The molecule has 1 N–H and O–H groups in total. The molecule has 0 radical (unpaired) electrons. The van der Waals surface area contributed by atoms with Gasteiger partial charge in [-0.25, -0.2) is 0 Å². The van der Waals surface area contributed by atoms with Crippen molar-refractivity contribution in [3.8, 4) is 11.1 Å².